The van der Waals surface area contributed by atoms with Gasteiger partial charge < -0.3 is 5.32 Å². The SMILES string of the molecule is CC(Nc1nc(C(F)(F)F)ccc1C#N)c1cn[nH]c1. The summed E-state index contributed by atoms with van der Waals surface area (Å²) in [5, 5.41) is 18.1. The minimum Gasteiger partial charge on any atom is -0.362 e. The number of pyridine rings is 1. The zero-order valence-electron chi connectivity index (χ0n) is 10.4. The average molecular weight is 281 g/mol. The molecule has 0 saturated heterocycles. The summed E-state index contributed by atoms with van der Waals surface area (Å²) in [6, 6.07) is 3.35. The Morgan fingerprint density at radius 2 is 2.15 bits per heavy atom. The number of halogens is 3. The number of hydrogen-bond acceptors (Lipinski definition) is 4. The lowest BCUT2D eigenvalue weighted by Gasteiger charge is -2.15. The summed E-state index contributed by atoms with van der Waals surface area (Å²) in [5.74, 6) is -0.101. The lowest BCUT2D eigenvalue weighted by Crippen LogP contribution is -2.13. The molecular weight excluding hydrogens is 271 g/mol. The molecule has 0 fully saturated rings. The molecule has 5 nitrogen and oxygen atoms in total. The Balaban J connectivity index is 2.32. The van der Waals surface area contributed by atoms with E-state index in [2.05, 4.69) is 20.5 Å². The van der Waals surface area contributed by atoms with Gasteiger partial charge in [-0.25, -0.2) is 4.98 Å². The van der Waals surface area contributed by atoms with Gasteiger partial charge in [-0.15, -0.1) is 0 Å². The summed E-state index contributed by atoms with van der Waals surface area (Å²) < 4.78 is 37.9. The van der Waals surface area contributed by atoms with Gasteiger partial charge in [-0.2, -0.15) is 23.5 Å². The van der Waals surface area contributed by atoms with Crippen LogP contribution in [0.1, 0.15) is 29.8 Å². The molecular formula is C12H10F3N5. The maximum absolute atomic E-state index is 12.6. The number of alkyl halides is 3. The molecule has 0 aliphatic heterocycles. The van der Waals surface area contributed by atoms with E-state index in [1.54, 1.807) is 13.1 Å². The number of aromatic nitrogens is 3. The normalized spacial score (nSPS) is 12.8. The van der Waals surface area contributed by atoms with Gasteiger partial charge in [0.2, 0.25) is 0 Å². The minimum atomic E-state index is -4.55. The lowest BCUT2D eigenvalue weighted by molar-refractivity contribution is -0.141. The Labute approximate surface area is 112 Å². The fraction of sp³-hybridized carbons (Fsp3) is 0.250. The van der Waals surface area contributed by atoms with Crippen molar-refractivity contribution in [2.45, 2.75) is 19.1 Å². The van der Waals surface area contributed by atoms with Crippen LogP contribution in [0.3, 0.4) is 0 Å². The monoisotopic (exact) mass is 281 g/mol. The van der Waals surface area contributed by atoms with Gasteiger partial charge in [0.1, 0.15) is 17.6 Å². The second kappa shape index (κ2) is 5.21. The Morgan fingerprint density at radius 3 is 2.70 bits per heavy atom. The molecule has 2 rings (SSSR count). The first-order chi connectivity index (χ1) is 9.41. The van der Waals surface area contributed by atoms with Gasteiger partial charge in [-0.1, -0.05) is 0 Å². The highest BCUT2D eigenvalue weighted by atomic mass is 19.4. The summed E-state index contributed by atoms with van der Waals surface area (Å²) in [6.07, 6.45) is -1.40. The molecule has 1 atom stereocenters. The van der Waals surface area contributed by atoms with Crippen LogP contribution < -0.4 is 5.32 Å². The van der Waals surface area contributed by atoms with E-state index in [0.29, 0.717) is 0 Å². The molecule has 0 aromatic carbocycles. The third kappa shape index (κ3) is 2.88. The maximum Gasteiger partial charge on any atom is 0.433 e. The first kappa shape index (κ1) is 13.9. The van der Waals surface area contributed by atoms with E-state index in [-0.39, 0.29) is 17.4 Å². The van der Waals surface area contributed by atoms with Gasteiger partial charge in [0.15, 0.2) is 0 Å². The molecule has 0 amide bonds. The van der Waals surface area contributed by atoms with Gasteiger partial charge >= 0.3 is 6.18 Å². The Kier molecular flexibility index (Phi) is 3.61. The predicted octanol–water partition coefficient (Wildman–Crippen LogP) is 2.87. The number of anilines is 1. The summed E-state index contributed by atoms with van der Waals surface area (Å²) >= 11 is 0. The topological polar surface area (TPSA) is 77.4 Å². The van der Waals surface area contributed by atoms with E-state index in [4.69, 9.17) is 5.26 Å². The number of nitrogens with one attached hydrogen (secondary N) is 2. The number of H-pyrrole nitrogens is 1. The molecule has 8 heteroatoms. The minimum absolute atomic E-state index is 0.0494. The van der Waals surface area contributed by atoms with Crippen LogP contribution in [0.15, 0.2) is 24.5 Å². The van der Waals surface area contributed by atoms with Crippen molar-refractivity contribution < 1.29 is 13.2 Å². The molecule has 2 aromatic heterocycles. The van der Waals surface area contributed by atoms with Gasteiger partial charge in [0.25, 0.3) is 0 Å². The quantitative estimate of drug-likeness (QED) is 0.906. The third-order valence-corrected chi connectivity index (χ3v) is 2.68. The number of nitriles is 1. The van der Waals surface area contributed by atoms with Crippen molar-refractivity contribution in [3.8, 4) is 6.07 Å². The number of rotatable bonds is 3. The molecule has 2 N–H and O–H groups in total. The van der Waals surface area contributed by atoms with E-state index in [1.807, 2.05) is 6.07 Å². The van der Waals surface area contributed by atoms with Gasteiger partial charge in [-0.3, -0.25) is 5.10 Å². The number of nitrogens with zero attached hydrogens (tertiary/aromatic N) is 3. The summed E-state index contributed by atoms with van der Waals surface area (Å²) in [7, 11) is 0. The largest absolute Gasteiger partial charge is 0.433 e. The van der Waals surface area contributed by atoms with Crippen molar-refractivity contribution >= 4 is 5.82 Å². The summed E-state index contributed by atoms with van der Waals surface area (Å²) in [4.78, 5) is 3.48. The van der Waals surface area contributed by atoms with E-state index in [1.165, 1.54) is 6.20 Å². The van der Waals surface area contributed by atoms with E-state index in [0.717, 1.165) is 17.7 Å². The Bertz CT molecular complexity index is 628. The molecule has 0 bridgehead atoms. The van der Waals surface area contributed by atoms with Crippen LogP contribution in [0.25, 0.3) is 0 Å². The van der Waals surface area contributed by atoms with Crippen LogP contribution in [-0.4, -0.2) is 15.2 Å². The smallest absolute Gasteiger partial charge is 0.362 e. The molecule has 0 spiro atoms. The van der Waals surface area contributed by atoms with Crippen LogP contribution in [-0.2, 0) is 6.18 Å². The second-order valence-electron chi connectivity index (χ2n) is 4.10. The fourth-order valence-electron chi connectivity index (χ4n) is 1.60. The lowest BCUT2D eigenvalue weighted by atomic mass is 10.1. The van der Waals surface area contributed by atoms with Crippen LogP contribution in [0.5, 0.6) is 0 Å². The van der Waals surface area contributed by atoms with Gasteiger partial charge in [-0.05, 0) is 19.1 Å². The van der Waals surface area contributed by atoms with Crippen molar-refractivity contribution in [3.05, 3.63) is 41.3 Å². The molecule has 2 aromatic rings. The third-order valence-electron chi connectivity index (χ3n) is 2.68. The molecule has 0 aliphatic carbocycles. The summed E-state index contributed by atoms with van der Waals surface area (Å²) in [5.41, 5.74) is -0.250. The molecule has 0 aliphatic rings. The number of hydrogen-bond donors (Lipinski definition) is 2. The highest BCUT2D eigenvalue weighted by molar-refractivity contribution is 5.53. The molecule has 1 unspecified atom stereocenters. The zero-order chi connectivity index (χ0) is 14.8. The fourth-order valence-corrected chi connectivity index (χ4v) is 1.60. The van der Waals surface area contributed by atoms with Crippen molar-refractivity contribution in [1.82, 2.24) is 15.2 Å². The average Bonchev–Trinajstić information content (AvgIpc) is 2.91. The highest BCUT2D eigenvalue weighted by Gasteiger charge is 2.33. The maximum atomic E-state index is 12.6. The summed E-state index contributed by atoms with van der Waals surface area (Å²) in [6.45, 7) is 1.73. The van der Waals surface area contributed by atoms with Gasteiger partial charge in [0.05, 0.1) is 17.8 Å². The van der Waals surface area contributed by atoms with Crippen molar-refractivity contribution in [2.24, 2.45) is 0 Å². The van der Waals surface area contributed by atoms with Crippen molar-refractivity contribution in [3.63, 3.8) is 0 Å². The molecule has 104 valence electrons. The van der Waals surface area contributed by atoms with Crippen LogP contribution >= 0.6 is 0 Å². The van der Waals surface area contributed by atoms with E-state index < -0.39 is 11.9 Å². The standard InChI is InChI=1S/C12H10F3N5/c1-7(9-5-17-18-6-9)19-11-8(4-16)2-3-10(20-11)12(13,14)15/h2-3,5-7H,1H3,(H,17,18)(H,19,20). The zero-order valence-corrected chi connectivity index (χ0v) is 10.4. The van der Waals surface area contributed by atoms with Crippen molar-refractivity contribution in [1.29, 1.82) is 5.26 Å². The molecule has 0 radical (unpaired) electrons. The molecule has 0 saturated carbocycles. The van der Waals surface area contributed by atoms with Crippen LogP contribution in [0.2, 0.25) is 0 Å². The van der Waals surface area contributed by atoms with Crippen molar-refractivity contribution in [2.75, 3.05) is 5.32 Å². The van der Waals surface area contributed by atoms with Gasteiger partial charge in [0, 0.05) is 11.8 Å². The predicted molar refractivity (Wildman–Crippen MR) is 64.6 cm³/mol. The first-order valence-electron chi connectivity index (χ1n) is 5.65. The van der Waals surface area contributed by atoms with E-state index in [9.17, 15) is 13.2 Å². The number of aromatic amines is 1. The second-order valence-corrected chi connectivity index (χ2v) is 4.10. The molecule has 2 heterocycles. The first-order valence-corrected chi connectivity index (χ1v) is 5.65. The van der Waals surface area contributed by atoms with Crippen LogP contribution in [0.4, 0.5) is 19.0 Å². The molecule has 20 heavy (non-hydrogen) atoms. The van der Waals surface area contributed by atoms with E-state index >= 15 is 0 Å². The highest BCUT2D eigenvalue weighted by Crippen LogP contribution is 2.30. The Hall–Kier alpha value is -2.56. The Morgan fingerprint density at radius 1 is 1.40 bits per heavy atom. The van der Waals surface area contributed by atoms with Crippen LogP contribution in [0, 0.1) is 11.3 Å².